The lowest BCUT2D eigenvalue weighted by molar-refractivity contribution is 1.10. The summed E-state index contributed by atoms with van der Waals surface area (Å²) in [5, 5.41) is 4.01. The number of fused-ring (bicyclic) bond motifs is 1. The largest absolute Gasteiger partial charge is 0.364 e. The maximum atomic E-state index is 5.94. The van der Waals surface area contributed by atoms with Crippen LogP contribution in [0.15, 0.2) is 42.9 Å². The molecule has 0 amide bonds. The molecule has 2 heterocycles. The summed E-state index contributed by atoms with van der Waals surface area (Å²) < 4.78 is 0. The fourth-order valence-electron chi connectivity index (χ4n) is 1.84. The van der Waals surface area contributed by atoms with E-state index in [4.69, 9.17) is 11.6 Å². The summed E-state index contributed by atoms with van der Waals surface area (Å²) in [5.41, 5.74) is 2.93. The van der Waals surface area contributed by atoms with Crippen molar-refractivity contribution < 1.29 is 0 Å². The number of aromatic amines is 1. The van der Waals surface area contributed by atoms with Crippen molar-refractivity contribution >= 4 is 28.5 Å². The van der Waals surface area contributed by atoms with Gasteiger partial charge in [-0.15, -0.1) is 0 Å². The number of hydrogen-bond donors (Lipinski definition) is 2. The molecule has 0 atom stereocenters. The summed E-state index contributed by atoms with van der Waals surface area (Å²) in [4.78, 5) is 11.5. The standard InChI is InChI=1S/C13H11ClN4/c14-10-3-1-2-9(6-10)7-16-13-12-11(4-5-15-12)17-8-18-13/h1-6,8,15H,7H2,(H,16,17,18). The molecule has 1 aromatic carbocycles. The third-order valence-corrected chi connectivity index (χ3v) is 2.93. The molecule has 90 valence electrons. The predicted octanol–water partition coefficient (Wildman–Crippen LogP) is 3.22. The number of H-pyrrole nitrogens is 1. The zero-order valence-corrected chi connectivity index (χ0v) is 10.3. The van der Waals surface area contributed by atoms with Crippen LogP contribution in [0.2, 0.25) is 5.02 Å². The van der Waals surface area contributed by atoms with Crippen LogP contribution in [-0.2, 0) is 6.54 Å². The molecule has 0 saturated carbocycles. The maximum absolute atomic E-state index is 5.94. The van der Waals surface area contributed by atoms with Crippen LogP contribution >= 0.6 is 11.6 Å². The normalized spacial score (nSPS) is 10.7. The second-order valence-corrected chi connectivity index (χ2v) is 4.38. The van der Waals surface area contributed by atoms with E-state index < -0.39 is 0 Å². The first-order chi connectivity index (χ1) is 8.83. The average Bonchev–Trinajstić information content (AvgIpc) is 2.85. The minimum Gasteiger partial charge on any atom is -0.364 e. The Morgan fingerprint density at radius 1 is 1.22 bits per heavy atom. The lowest BCUT2D eigenvalue weighted by atomic mass is 10.2. The second-order valence-electron chi connectivity index (χ2n) is 3.94. The van der Waals surface area contributed by atoms with Crippen LogP contribution in [0.1, 0.15) is 5.56 Å². The van der Waals surface area contributed by atoms with Gasteiger partial charge in [0.25, 0.3) is 0 Å². The van der Waals surface area contributed by atoms with E-state index in [-0.39, 0.29) is 0 Å². The number of nitrogens with zero attached hydrogens (tertiary/aromatic N) is 2. The van der Waals surface area contributed by atoms with Crippen molar-refractivity contribution in [1.29, 1.82) is 0 Å². The van der Waals surface area contributed by atoms with Gasteiger partial charge >= 0.3 is 0 Å². The van der Waals surface area contributed by atoms with Crippen LogP contribution in [0, 0.1) is 0 Å². The second kappa shape index (κ2) is 4.66. The Kier molecular flexibility index (Phi) is 2.86. The molecule has 0 aliphatic heterocycles. The van der Waals surface area contributed by atoms with Crippen molar-refractivity contribution in [1.82, 2.24) is 15.0 Å². The van der Waals surface area contributed by atoms with E-state index in [1.165, 1.54) is 0 Å². The maximum Gasteiger partial charge on any atom is 0.154 e. The van der Waals surface area contributed by atoms with E-state index in [1.54, 1.807) is 6.33 Å². The van der Waals surface area contributed by atoms with Crippen LogP contribution in [0.3, 0.4) is 0 Å². The Morgan fingerprint density at radius 2 is 2.17 bits per heavy atom. The third-order valence-electron chi connectivity index (χ3n) is 2.69. The zero-order valence-electron chi connectivity index (χ0n) is 9.52. The van der Waals surface area contributed by atoms with Gasteiger partial charge in [0.2, 0.25) is 0 Å². The monoisotopic (exact) mass is 258 g/mol. The van der Waals surface area contributed by atoms with Crippen molar-refractivity contribution in [2.24, 2.45) is 0 Å². The molecule has 0 spiro atoms. The highest BCUT2D eigenvalue weighted by atomic mass is 35.5. The zero-order chi connectivity index (χ0) is 12.4. The van der Waals surface area contributed by atoms with E-state index >= 15 is 0 Å². The van der Waals surface area contributed by atoms with Gasteiger partial charge in [0, 0.05) is 17.8 Å². The molecule has 2 N–H and O–H groups in total. The van der Waals surface area contributed by atoms with E-state index in [2.05, 4.69) is 20.3 Å². The fraction of sp³-hybridized carbons (Fsp3) is 0.0769. The van der Waals surface area contributed by atoms with Gasteiger partial charge in [0.15, 0.2) is 5.82 Å². The highest BCUT2D eigenvalue weighted by molar-refractivity contribution is 6.30. The Balaban J connectivity index is 1.83. The fourth-order valence-corrected chi connectivity index (χ4v) is 2.05. The quantitative estimate of drug-likeness (QED) is 0.758. The van der Waals surface area contributed by atoms with Crippen molar-refractivity contribution in [3.63, 3.8) is 0 Å². The molecule has 0 fully saturated rings. The lowest BCUT2D eigenvalue weighted by Gasteiger charge is -2.06. The first-order valence-corrected chi connectivity index (χ1v) is 5.97. The smallest absolute Gasteiger partial charge is 0.154 e. The molecular weight excluding hydrogens is 248 g/mol. The number of rotatable bonds is 3. The van der Waals surface area contributed by atoms with Crippen LogP contribution in [0.4, 0.5) is 5.82 Å². The molecule has 0 bridgehead atoms. The molecular formula is C13H11ClN4. The van der Waals surface area contributed by atoms with Crippen molar-refractivity contribution in [2.45, 2.75) is 6.54 Å². The number of benzene rings is 1. The summed E-state index contributed by atoms with van der Waals surface area (Å²) in [5.74, 6) is 0.796. The molecule has 0 unspecified atom stereocenters. The van der Waals surface area contributed by atoms with E-state index in [9.17, 15) is 0 Å². The van der Waals surface area contributed by atoms with Crippen LogP contribution in [0.25, 0.3) is 11.0 Å². The molecule has 5 heteroatoms. The molecule has 0 radical (unpaired) electrons. The average molecular weight is 259 g/mol. The van der Waals surface area contributed by atoms with Gasteiger partial charge in [0.05, 0.1) is 5.52 Å². The summed E-state index contributed by atoms with van der Waals surface area (Å²) in [6, 6.07) is 9.66. The van der Waals surface area contributed by atoms with Gasteiger partial charge in [-0.3, -0.25) is 0 Å². The predicted molar refractivity (Wildman–Crippen MR) is 72.7 cm³/mol. The molecule has 3 aromatic rings. The molecule has 0 saturated heterocycles. The number of anilines is 1. The number of aromatic nitrogens is 3. The van der Waals surface area contributed by atoms with Gasteiger partial charge < -0.3 is 10.3 Å². The van der Waals surface area contributed by atoms with Crippen molar-refractivity contribution in [3.05, 3.63) is 53.4 Å². The molecule has 3 rings (SSSR count). The first kappa shape index (κ1) is 11.0. The van der Waals surface area contributed by atoms with Crippen LogP contribution in [0.5, 0.6) is 0 Å². The topological polar surface area (TPSA) is 53.6 Å². The Morgan fingerprint density at radius 3 is 3.06 bits per heavy atom. The Hall–Kier alpha value is -2.07. The van der Waals surface area contributed by atoms with Crippen molar-refractivity contribution in [2.75, 3.05) is 5.32 Å². The van der Waals surface area contributed by atoms with E-state index in [0.717, 1.165) is 27.4 Å². The number of hydrogen-bond acceptors (Lipinski definition) is 3. The Bertz CT molecular complexity index is 677. The molecule has 0 aliphatic rings. The summed E-state index contributed by atoms with van der Waals surface area (Å²) in [7, 11) is 0. The van der Waals surface area contributed by atoms with E-state index in [0.29, 0.717) is 6.54 Å². The first-order valence-electron chi connectivity index (χ1n) is 5.59. The molecule has 0 aliphatic carbocycles. The number of halogens is 1. The van der Waals surface area contributed by atoms with Crippen LogP contribution < -0.4 is 5.32 Å². The molecule has 2 aromatic heterocycles. The van der Waals surface area contributed by atoms with Crippen molar-refractivity contribution in [3.8, 4) is 0 Å². The van der Waals surface area contributed by atoms with Gasteiger partial charge in [-0.25, -0.2) is 9.97 Å². The van der Waals surface area contributed by atoms with E-state index in [1.807, 2.05) is 36.5 Å². The van der Waals surface area contributed by atoms with Gasteiger partial charge in [-0.2, -0.15) is 0 Å². The summed E-state index contributed by atoms with van der Waals surface area (Å²) >= 11 is 5.94. The molecule has 4 nitrogen and oxygen atoms in total. The minimum absolute atomic E-state index is 0.672. The summed E-state index contributed by atoms with van der Waals surface area (Å²) in [6.45, 7) is 0.672. The lowest BCUT2D eigenvalue weighted by Crippen LogP contribution is -2.02. The highest BCUT2D eigenvalue weighted by Gasteiger charge is 2.03. The SMILES string of the molecule is Clc1cccc(CNc2ncnc3cc[nH]c23)c1. The minimum atomic E-state index is 0.672. The van der Waals surface area contributed by atoms with Gasteiger partial charge in [-0.05, 0) is 23.8 Å². The summed E-state index contributed by atoms with van der Waals surface area (Å²) in [6.07, 6.45) is 3.40. The van der Waals surface area contributed by atoms with Crippen LogP contribution in [-0.4, -0.2) is 15.0 Å². The third kappa shape index (κ3) is 2.15. The molecule has 18 heavy (non-hydrogen) atoms. The Labute approximate surface area is 109 Å². The number of nitrogens with one attached hydrogen (secondary N) is 2. The van der Waals surface area contributed by atoms with Gasteiger partial charge in [-0.1, -0.05) is 23.7 Å². The highest BCUT2D eigenvalue weighted by Crippen LogP contribution is 2.18. The van der Waals surface area contributed by atoms with Gasteiger partial charge in [0.1, 0.15) is 11.8 Å².